The average Bonchev–Trinajstić information content (AvgIpc) is 3.32. The number of pyridine rings is 1. The molecule has 6 nitrogen and oxygen atoms in total. The summed E-state index contributed by atoms with van der Waals surface area (Å²) in [4.78, 5) is 33.9. The van der Waals surface area contributed by atoms with Crippen LogP contribution >= 0.6 is 0 Å². The minimum atomic E-state index is -0.689. The lowest BCUT2D eigenvalue weighted by molar-refractivity contribution is -0.138. The first-order valence-corrected chi connectivity index (χ1v) is 9.35. The van der Waals surface area contributed by atoms with Crippen LogP contribution in [0, 0.1) is 6.92 Å². The minimum Gasteiger partial charge on any atom is -0.351 e. The number of likely N-dealkylation sites (tertiary alicyclic amines) is 1. The maximum atomic E-state index is 13.0. The molecule has 2 aromatic rings. The molecule has 4 heterocycles. The van der Waals surface area contributed by atoms with Gasteiger partial charge in [0.2, 0.25) is 5.91 Å². The van der Waals surface area contributed by atoms with E-state index in [9.17, 15) is 9.59 Å². The Hall–Kier alpha value is -2.73. The molecule has 0 unspecified atom stereocenters. The Morgan fingerprint density at radius 3 is 2.78 bits per heavy atom. The molecule has 3 aliphatic heterocycles. The first kappa shape index (κ1) is 16.4. The van der Waals surface area contributed by atoms with Gasteiger partial charge in [-0.05, 0) is 24.6 Å². The summed E-state index contributed by atoms with van der Waals surface area (Å²) < 4.78 is 6.26. The molecule has 0 aliphatic carbocycles. The molecule has 27 heavy (non-hydrogen) atoms. The Morgan fingerprint density at radius 2 is 2.04 bits per heavy atom. The number of benzene rings is 1. The molecule has 5 rings (SSSR count). The second-order valence-electron chi connectivity index (χ2n) is 7.50. The van der Waals surface area contributed by atoms with Crippen molar-refractivity contribution in [1.82, 2.24) is 14.8 Å². The highest BCUT2D eigenvalue weighted by molar-refractivity contribution is 5.95. The van der Waals surface area contributed by atoms with Crippen molar-refractivity contribution >= 4 is 11.8 Å². The summed E-state index contributed by atoms with van der Waals surface area (Å²) in [5, 5.41) is 0. The van der Waals surface area contributed by atoms with Gasteiger partial charge in [-0.1, -0.05) is 30.3 Å². The highest BCUT2D eigenvalue weighted by Crippen LogP contribution is 2.51. The fraction of sp³-hybridized carbons (Fsp3) is 0.381. The van der Waals surface area contributed by atoms with E-state index in [4.69, 9.17) is 4.74 Å². The Balaban J connectivity index is 1.45. The van der Waals surface area contributed by atoms with Crippen LogP contribution in [0.4, 0.5) is 0 Å². The second kappa shape index (κ2) is 5.89. The maximum Gasteiger partial charge on any atom is 0.255 e. The lowest BCUT2D eigenvalue weighted by atomic mass is 10.0. The summed E-state index contributed by atoms with van der Waals surface area (Å²) in [7, 11) is 0. The average molecular weight is 363 g/mol. The normalized spacial score (nSPS) is 29.1. The molecule has 2 amide bonds. The van der Waals surface area contributed by atoms with Gasteiger partial charge in [0.1, 0.15) is 0 Å². The second-order valence-corrected chi connectivity index (χ2v) is 7.50. The van der Waals surface area contributed by atoms with Gasteiger partial charge in [-0.2, -0.15) is 0 Å². The standard InChI is InChI=1S/C21H21N3O3/c1-14-7-8-16(12-22-14)20(26)23-10-9-21-18(23)11-19(25)24(21)17(13-27-21)15-5-3-2-4-6-15/h2-8,12,17-18H,9-11,13H2,1H3/t17-,18+,21-/m0/s1. The molecule has 0 saturated carbocycles. The molecule has 0 N–H and O–H groups in total. The third-order valence-electron chi connectivity index (χ3n) is 6.06. The molecule has 6 heteroatoms. The fourth-order valence-electron chi connectivity index (χ4n) is 4.77. The van der Waals surface area contributed by atoms with Crippen LogP contribution in [0.3, 0.4) is 0 Å². The Morgan fingerprint density at radius 1 is 1.22 bits per heavy atom. The molecular weight excluding hydrogens is 342 g/mol. The van der Waals surface area contributed by atoms with E-state index in [0.717, 1.165) is 11.3 Å². The molecule has 3 fully saturated rings. The molecule has 3 aliphatic rings. The van der Waals surface area contributed by atoms with E-state index in [1.807, 2.05) is 48.2 Å². The first-order chi connectivity index (χ1) is 13.1. The molecule has 0 radical (unpaired) electrons. The highest BCUT2D eigenvalue weighted by Gasteiger charge is 2.65. The van der Waals surface area contributed by atoms with Crippen molar-refractivity contribution in [2.45, 2.75) is 37.6 Å². The van der Waals surface area contributed by atoms with Crippen molar-refractivity contribution in [3.05, 3.63) is 65.5 Å². The Kier molecular flexibility index (Phi) is 3.59. The molecule has 1 aromatic heterocycles. The van der Waals surface area contributed by atoms with Crippen molar-refractivity contribution in [1.29, 1.82) is 0 Å². The summed E-state index contributed by atoms with van der Waals surface area (Å²) in [5.74, 6) is -0.0170. The SMILES string of the molecule is Cc1ccc(C(=O)N2CC[C@@]34OC[C@@H](c5ccccc5)N3C(=O)C[C@@H]24)cn1. The third kappa shape index (κ3) is 2.33. The summed E-state index contributed by atoms with van der Waals surface area (Å²) in [5.41, 5.74) is 1.82. The van der Waals surface area contributed by atoms with Crippen LogP contribution in [0.2, 0.25) is 0 Å². The van der Waals surface area contributed by atoms with Gasteiger partial charge in [0.25, 0.3) is 5.91 Å². The van der Waals surface area contributed by atoms with Gasteiger partial charge in [-0.3, -0.25) is 14.6 Å². The van der Waals surface area contributed by atoms with E-state index in [-0.39, 0.29) is 23.9 Å². The minimum absolute atomic E-state index is 0.0610. The lowest BCUT2D eigenvalue weighted by Crippen LogP contribution is -2.49. The van der Waals surface area contributed by atoms with Crippen LogP contribution in [0.1, 0.15) is 40.5 Å². The molecule has 138 valence electrons. The van der Waals surface area contributed by atoms with Crippen molar-refractivity contribution in [3.8, 4) is 0 Å². The van der Waals surface area contributed by atoms with E-state index in [1.54, 1.807) is 17.2 Å². The van der Waals surface area contributed by atoms with Crippen LogP contribution in [-0.4, -0.2) is 51.5 Å². The zero-order valence-corrected chi connectivity index (χ0v) is 15.2. The van der Waals surface area contributed by atoms with Gasteiger partial charge in [-0.15, -0.1) is 0 Å². The zero-order chi connectivity index (χ0) is 18.6. The molecule has 3 atom stereocenters. The van der Waals surface area contributed by atoms with Crippen LogP contribution in [0.5, 0.6) is 0 Å². The summed E-state index contributed by atoms with van der Waals surface area (Å²) in [6.45, 7) is 2.95. The molecule has 1 aromatic carbocycles. The van der Waals surface area contributed by atoms with E-state index in [0.29, 0.717) is 31.6 Å². The Bertz CT molecular complexity index is 899. The largest absolute Gasteiger partial charge is 0.351 e. The molecule has 3 saturated heterocycles. The van der Waals surface area contributed by atoms with E-state index in [1.165, 1.54) is 0 Å². The van der Waals surface area contributed by atoms with Crippen molar-refractivity contribution in [2.24, 2.45) is 0 Å². The van der Waals surface area contributed by atoms with Gasteiger partial charge in [-0.25, -0.2) is 0 Å². The zero-order valence-electron chi connectivity index (χ0n) is 15.2. The van der Waals surface area contributed by atoms with Gasteiger partial charge >= 0.3 is 0 Å². The monoisotopic (exact) mass is 363 g/mol. The van der Waals surface area contributed by atoms with Crippen LogP contribution in [-0.2, 0) is 9.53 Å². The first-order valence-electron chi connectivity index (χ1n) is 9.35. The molecular formula is C21H21N3O3. The van der Waals surface area contributed by atoms with E-state index < -0.39 is 5.72 Å². The third-order valence-corrected chi connectivity index (χ3v) is 6.06. The number of amides is 2. The van der Waals surface area contributed by atoms with Crippen molar-refractivity contribution in [3.63, 3.8) is 0 Å². The lowest BCUT2D eigenvalue weighted by Gasteiger charge is -2.33. The van der Waals surface area contributed by atoms with Crippen LogP contribution < -0.4 is 0 Å². The maximum absolute atomic E-state index is 13.0. The van der Waals surface area contributed by atoms with E-state index >= 15 is 0 Å². The van der Waals surface area contributed by atoms with Gasteiger partial charge in [0.15, 0.2) is 5.72 Å². The smallest absolute Gasteiger partial charge is 0.255 e. The number of ether oxygens (including phenoxy) is 1. The topological polar surface area (TPSA) is 62.7 Å². The van der Waals surface area contributed by atoms with Crippen LogP contribution in [0.15, 0.2) is 48.7 Å². The van der Waals surface area contributed by atoms with Crippen molar-refractivity contribution in [2.75, 3.05) is 13.2 Å². The summed E-state index contributed by atoms with van der Waals surface area (Å²) >= 11 is 0. The quantitative estimate of drug-likeness (QED) is 0.821. The number of hydrogen-bond acceptors (Lipinski definition) is 4. The van der Waals surface area contributed by atoms with Crippen molar-refractivity contribution < 1.29 is 14.3 Å². The van der Waals surface area contributed by atoms with Crippen LogP contribution in [0.25, 0.3) is 0 Å². The Labute approximate surface area is 157 Å². The number of rotatable bonds is 2. The van der Waals surface area contributed by atoms with Gasteiger partial charge in [0.05, 0.1) is 30.7 Å². The van der Waals surface area contributed by atoms with Gasteiger partial charge in [0, 0.05) is 24.9 Å². The predicted molar refractivity (Wildman–Crippen MR) is 97.7 cm³/mol. The summed E-state index contributed by atoms with van der Waals surface area (Å²) in [6, 6.07) is 13.3. The highest BCUT2D eigenvalue weighted by atomic mass is 16.5. The number of aryl methyl sites for hydroxylation is 1. The summed E-state index contributed by atoms with van der Waals surface area (Å²) in [6.07, 6.45) is 2.58. The van der Waals surface area contributed by atoms with E-state index in [2.05, 4.69) is 4.98 Å². The number of carbonyl (C=O) groups excluding carboxylic acids is 2. The number of hydrogen-bond donors (Lipinski definition) is 0. The molecule has 0 bridgehead atoms. The fourth-order valence-corrected chi connectivity index (χ4v) is 4.77. The number of nitrogens with zero attached hydrogens (tertiary/aromatic N) is 3. The predicted octanol–water partition coefficient (Wildman–Crippen LogP) is 2.30. The van der Waals surface area contributed by atoms with Gasteiger partial charge < -0.3 is 14.5 Å². The number of carbonyl (C=O) groups is 2. The molecule has 1 spiro atoms. The number of aromatic nitrogens is 1.